The van der Waals surface area contributed by atoms with Crippen LogP contribution < -0.4 is 5.73 Å². The van der Waals surface area contributed by atoms with Crippen LogP contribution in [0.3, 0.4) is 0 Å². The van der Waals surface area contributed by atoms with Crippen LogP contribution in [0.25, 0.3) is 0 Å². The van der Waals surface area contributed by atoms with Gasteiger partial charge in [0, 0.05) is 38.3 Å². The third-order valence-corrected chi connectivity index (χ3v) is 5.76. The summed E-state index contributed by atoms with van der Waals surface area (Å²) in [6.45, 7) is 2.66. The molecule has 0 aliphatic rings. The Bertz CT molecular complexity index is 647. The van der Waals surface area contributed by atoms with Crippen molar-refractivity contribution in [2.24, 2.45) is 5.73 Å². The second-order valence-electron chi connectivity index (χ2n) is 5.40. The molecule has 0 saturated heterocycles. The predicted octanol–water partition coefficient (Wildman–Crippen LogP) is 2.61. The van der Waals surface area contributed by atoms with E-state index in [0.29, 0.717) is 0 Å². The molecule has 146 valence electrons. The van der Waals surface area contributed by atoms with Crippen molar-refractivity contribution < 1.29 is 32.4 Å². The summed E-state index contributed by atoms with van der Waals surface area (Å²) < 4.78 is 60.0. The lowest BCUT2D eigenvalue weighted by molar-refractivity contribution is -0.243. The van der Waals surface area contributed by atoms with Crippen molar-refractivity contribution in [3.05, 3.63) is 22.8 Å². The Morgan fingerprint density at radius 3 is 2.20 bits per heavy atom. The zero-order valence-corrected chi connectivity index (χ0v) is 15.3. The Morgan fingerprint density at radius 1 is 1.32 bits per heavy atom. The molecule has 0 aromatic rings. The maximum atomic E-state index is 13.4. The van der Waals surface area contributed by atoms with Crippen molar-refractivity contribution >= 4 is 27.3 Å². The number of allylic oxidation sites excluding steroid dienone is 2. The molecule has 0 heterocycles. The van der Waals surface area contributed by atoms with E-state index >= 15 is 0 Å². The van der Waals surface area contributed by atoms with Gasteiger partial charge in [-0.2, -0.15) is 13.2 Å². The van der Waals surface area contributed by atoms with Gasteiger partial charge < -0.3 is 15.9 Å². The minimum absolute atomic E-state index is 0.313. The van der Waals surface area contributed by atoms with Crippen LogP contribution in [0.1, 0.15) is 26.7 Å². The number of hydrogen-bond donors (Lipinski definition) is 4. The van der Waals surface area contributed by atoms with Crippen molar-refractivity contribution in [3.63, 3.8) is 0 Å². The van der Waals surface area contributed by atoms with Crippen LogP contribution in [-0.2, 0) is 14.5 Å². The quantitative estimate of drug-likeness (QED) is 0.438. The highest BCUT2D eigenvalue weighted by Crippen LogP contribution is 2.42. The first-order valence-electron chi connectivity index (χ1n) is 7.22. The number of rotatable bonds is 9. The Balaban J connectivity index is 5.42. The normalized spacial score (nSPS) is 19.8. The zero-order valence-electron chi connectivity index (χ0n) is 13.8. The first-order chi connectivity index (χ1) is 11.2. The number of carboxylic acids is 1. The van der Waals surface area contributed by atoms with Crippen LogP contribution in [0.4, 0.5) is 13.2 Å². The van der Waals surface area contributed by atoms with E-state index in [1.807, 2.05) is 0 Å². The molecule has 0 aliphatic heterocycles. The molecule has 11 heteroatoms. The van der Waals surface area contributed by atoms with Gasteiger partial charge in [-0.25, -0.2) is 4.21 Å². The molecule has 0 fully saturated rings. The molecule has 0 aromatic heterocycles. The van der Waals surface area contributed by atoms with Gasteiger partial charge in [0.25, 0.3) is 0 Å². The summed E-state index contributed by atoms with van der Waals surface area (Å²) in [7, 11) is -3.57. The SMILES string of the molecule is C/C=C(\C(Cl)=C/C)C(O)(CCS(=N)(=O)CC[C@H](N)C(=O)O)C(F)(F)F. The summed E-state index contributed by atoms with van der Waals surface area (Å²) >= 11 is 5.74. The number of aliphatic carboxylic acids is 1. The number of hydrogen-bond acceptors (Lipinski definition) is 5. The first-order valence-corrected chi connectivity index (χ1v) is 9.50. The van der Waals surface area contributed by atoms with Crippen molar-refractivity contribution in [1.82, 2.24) is 0 Å². The van der Waals surface area contributed by atoms with E-state index in [-0.39, 0.29) is 11.5 Å². The van der Waals surface area contributed by atoms with Crippen molar-refractivity contribution in [2.75, 3.05) is 11.5 Å². The summed E-state index contributed by atoms with van der Waals surface area (Å²) in [5.74, 6) is -2.64. The molecule has 0 spiro atoms. The maximum Gasteiger partial charge on any atom is 0.421 e. The van der Waals surface area contributed by atoms with E-state index in [1.54, 1.807) is 0 Å². The van der Waals surface area contributed by atoms with E-state index in [0.717, 1.165) is 6.08 Å². The number of nitrogens with two attached hydrogens (primary N) is 1. The highest BCUT2D eigenvalue weighted by atomic mass is 35.5. The summed E-state index contributed by atoms with van der Waals surface area (Å²) in [6.07, 6.45) is -4.30. The van der Waals surface area contributed by atoms with Gasteiger partial charge in [-0.1, -0.05) is 23.8 Å². The fourth-order valence-electron chi connectivity index (χ4n) is 2.01. The molecular weight excluding hydrogens is 385 g/mol. The average Bonchev–Trinajstić information content (AvgIpc) is 2.49. The summed E-state index contributed by atoms with van der Waals surface area (Å²) in [6, 6.07) is -1.36. The van der Waals surface area contributed by atoms with Crippen molar-refractivity contribution in [2.45, 2.75) is 44.5 Å². The van der Waals surface area contributed by atoms with E-state index in [9.17, 15) is 27.3 Å². The largest absolute Gasteiger partial charge is 0.480 e. The van der Waals surface area contributed by atoms with Gasteiger partial charge in [-0.05, 0) is 20.3 Å². The molecule has 0 radical (unpaired) electrons. The molecule has 0 saturated carbocycles. The minimum Gasteiger partial charge on any atom is -0.480 e. The second kappa shape index (κ2) is 9.02. The molecular formula is C14H22ClF3N2O4S. The van der Waals surface area contributed by atoms with Gasteiger partial charge in [0.1, 0.15) is 6.04 Å². The molecule has 3 atom stereocenters. The molecule has 6 nitrogen and oxygen atoms in total. The molecule has 0 rings (SSSR count). The number of carboxylic acid groups (broad SMARTS) is 1. The molecule has 0 aromatic carbocycles. The number of alkyl halides is 3. The number of nitrogens with one attached hydrogen (secondary N) is 1. The summed E-state index contributed by atoms with van der Waals surface area (Å²) in [5.41, 5.74) is 1.26. The summed E-state index contributed by atoms with van der Waals surface area (Å²) in [5, 5.41) is 18.5. The lowest BCUT2D eigenvalue weighted by Gasteiger charge is -2.33. The fourth-order valence-corrected chi connectivity index (χ4v) is 3.74. The summed E-state index contributed by atoms with van der Waals surface area (Å²) in [4.78, 5) is 10.6. The van der Waals surface area contributed by atoms with Crippen LogP contribution in [0, 0.1) is 4.78 Å². The van der Waals surface area contributed by atoms with Gasteiger partial charge in [0.15, 0.2) is 5.60 Å². The zero-order chi connectivity index (χ0) is 20.1. The van der Waals surface area contributed by atoms with Crippen LogP contribution >= 0.6 is 11.6 Å². The molecule has 25 heavy (non-hydrogen) atoms. The smallest absolute Gasteiger partial charge is 0.421 e. The van der Waals surface area contributed by atoms with Gasteiger partial charge >= 0.3 is 12.1 Å². The van der Waals surface area contributed by atoms with Crippen molar-refractivity contribution in [1.29, 1.82) is 4.78 Å². The third-order valence-electron chi connectivity index (χ3n) is 3.58. The Hall–Kier alpha value is -1.10. The number of carbonyl (C=O) groups is 1. The third kappa shape index (κ3) is 6.61. The van der Waals surface area contributed by atoms with Gasteiger partial charge in [-0.15, -0.1) is 0 Å². The van der Waals surface area contributed by atoms with Crippen LogP contribution in [0.15, 0.2) is 22.8 Å². The lowest BCUT2D eigenvalue weighted by Crippen LogP contribution is -2.48. The topological polar surface area (TPSA) is 124 Å². The highest BCUT2D eigenvalue weighted by Gasteiger charge is 2.56. The molecule has 5 N–H and O–H groups in total. The molecule has 0 aliphatic carbocycles. The number of aliphatic hydroxyl groups is 1. The first kappa shape index (κ1) is 23.9. The van der Waals surface area contributed by atoms with Gasteiger partial charge in [0.2, 0.25) is 0 Å². The molecule has 0 bridgehead atoms. The fraction of sp³-hybridized carbons (Fsp3) is 0.643. The van der Waals surface area contributed by atoms with Crippen LogP contribution in [0.2, 0.25) is 0 Å². The molecule has 0 amide bonds. The Kier molecular flexibility index (Phi) is 8.62. The van der Waals surface area contributed by atoms with Gasteiger partial charge in [0.05, 0.1) is 0 Å². The van der Waals surface area contributed by atoms with E-state index in [2.05, 4.69) is 0 Å². The monoisotopic (exact) mass is 406 g/mol. The standard InChI is InChI=1S/C14H22ClF3N2O4S/c1-3-9(10(15)4-2)13(23,14(16,17)18)6-8-25(20,24)7-5-11(19)12(21)22/h3-4,11,20,23H,5-8,19H2,1-2H3,(H,21,22)/b9-3+,10-4+/t11-,13?,25?/m0/s1. The maximum absolute atomic E-state index is 13.4. The Morgan fingerprint density at radius 2 is 1.84 bits per heavy atom. The average molecular weight is 407 g/mol. The minimum atomic E-state index is -5.11. The Labute approximate surface area is 149 Å². The van der Waals surface area contributed by atoms with Crippen LogP contribution in [-0.4, -0.2) is 49.7 Å². The van der Waals surface area contributed by atoms with Crippen LogP contribution in [0.5, 0.6) is 0 Å². The highest BCUT2D eigenvalue weighted by molar-refractivity contribution is 7.92. The van der Waals surface area contributed by atoms with Gasteiger partial charge in [-0.3, -0.25) is 9.57 Å². The van der Waals surface area contributed by atoms with Crippen molar-refractivity contribution in [3.8, 4) is 0 Å². The second-order valence-corrected chi connectivity index (χ2v) is 8.25. The van der Waals surface area contributed by atoms with E-state index in [4.69, 9.17) is 27.2 Å². The van der Waals surface area contributed by atoms with E-state index in [1.165, 1.54) is 19.9 Å². The predicted molar refractivity (Wildman–Crippen MR) is 89.8 cm³/mol. The molecule has 2 unspecified atom stereocenters. The van der Waals surface area contributed by atoms with E-state index < -0.39 is 57.0 Å². The number of halogens is 4. The lowest BCUT2D eigenvalue weighted by atomic mass is 9.89.